The van der Waals surface area contributed by atoms with E-state index in [1.165, 1.54) is 47.3 Å². The van der Waals surface area contributed by atoms with E-state index in [-0.39, 0.29) is 0 Å². The first-order valence-corrected chi connectivity index (χ1v) is 8.97. The third kappa shape index (κ3) is 2.86. The summed E-state index contributed by atoms with van der Waals surface area (Å²) in [7, 11) is 2.28. The van der Waals surface area contributed by atoms with Gasteiger partial charge in [0.15, 0.2) is 0 Å². The molecule has 0 saturated heterocycles. The Balaban J connectivity index is 2.01. The normalized spacial score (nSPS) is 18.1. The van der Waals surface area contributed by atoms with Crippen LogP contribution in [0.15, 0.2) is 23.2 Å². The summed E-state index contributed by atoms with van der Waals surface area (Å²) in [6, 6.07) is 7.38. The molecule has 1 aromatic heterocycles. The minimum Gasteiger partial charge on any atom is -0.349 e. The number of rotatable bonds is 5. The van der Waals surface area contributed by atoms with Gasteiger partial charge in [-0.3, -0.25) is 0 Å². The van der Waals surface area contributed by atoms with Crippen molar-refractivity contribution in [2.45, 2.75) is 56.4 Å². The molecule has 2 nitrogen and oxygen atoms in total. The molecular formula is C18H26N2S. The standard InChI is InChI=1S/C18H26N2S/c1-5-9-20(4)14-10-13-7-6-8-16-17(13)15(11-14)18(19-16)21-12(2)3/h6-8,12,14,19H,5,9-11H2,1-4H3. The maximum atomic E-state index is 3.66. The van der Waals surface area contributed by atoms with Crippen LogP contribution >= 0.6 is 11.8 Å². The minimum atomic E-state index is 0.617. The Bertz CT molecular complexity index is 629. The van der Waals surface area contributed by atoms with Crippen LogP contribution in [-0.2, 0) is 12.8 Å². The van der Waals surface area contributed by atoms with E-state index < -0.39 is 0 Å². The highest BCUT2D eigenvalue weighted by molar-refractivity contribution is 7.99. The van der Waals surface area contributed by atoms with Crippen molar-refractivity contribution in [3.05, 3.63) is 29.3 Å². The fourth-order valence-electron chi connectivity index (χ4n) is 3.48. The lowest BCUT2D eigenvalue weighted by Crippen LogP contribution is -2.37. The van der Waals surface area contributed by atoms with Crippen molar-refractivity contribution < 1.29 is 0 Å². The van der Waals surface area contributed by atoms with E-state index in [1.807, 2.05) is 11.8 Å². The van der Waals surface area contributed by atoms with Gasteiger partial charge in [0, 0.05) is 22.2 Å². The number of nitrogens with one attached hydrogen (secondary N) is 1. The van der Waals surface area contributed by atoms with Crippen molar-refractivity contribution in [3.8, 4) is 0 Å². The lowest BCUT2D eigenvalue weighted by Gasteiger charge is -2.31. The van der Waals surface area contributed by atoms with Gasteiger partial charge in [-0.15, -0.1) is 11.8 Å². The maximum Gasteiger partial charge on any atom is 0.0768 e. The van der Waals surface area contributed by atoms with Crippen LogP contribution in [0.25, 0.3) is 10.9 Å². The Labute approximate surface area is 132 Å². The van der Waals surface area contributed by atoms with Crippen LogP contribution in [0.5, 0.6) is 0 Å². The predicted molar refractivity (Wildman–Crippen MR) is 93.4 cm³/mol. The molecule has 1 aliphatic carbocycles. The number of H-pyrrole nitrogens is 1. The average Bonchev–Trinajstić information content (AvgIpc) is 2.78. The van der Waals surface area contributed by atoms with E-state index in [4.69, 9.17) is 0 Å². The molecule has 2 aromatic rings. The second-order valence-corrected chi connectivity index (χ2v) is 8.07. The van der Waals surface area contributed by atoms with Crippen LogP contribution in [0.1, 0.15) is 38.3 Å². The van der Waals surface area contributed by atoms with Crippen molar-refractivity contribution in [1.82, 2.24) is 9.88 Å². The number of nitrogens with zero attached hydrogens (tertiary/aromatic N) is 1. The van der Waals surface area contributed by atoms with Gasteiger partial charge in [-0.2, -0.15) is 0 Å². The lowest BCUT2D eigenvalue weighted by atomic mass is 9.88. The van der Waals surface area contributed by atoms with Gasteiger partial charge in [0.05, 0.1) is 5.03 Å². The van der Waals surface area contributed by atoms with Crippen LogP contribution in [0.3, 0.4) is 0 Å². The first-order valence-electron chi connectivity index (χ1n) is 8.09. The Morgan fingerprint density at radius 1 is 1.33 bits per heavy atom. The van der Waals surface area contributed by atoms with E-state index >= 15 is 0 Å². The molecule has 1 aromatic carbocycles. The van der Waals surface area contributed by atoms with Crippen molar-refractivity contribution in [3.63, 3.8) is 0 Å². The van der Waals surface area contributed by atoms with Crippen LogP contribution in [-0.4, -0.2) is 34.8 Å². The molecule has 0 amide bonds. The summed E-state index contributed by atoms with van der Waals surface area (Å²) in [4.78, 5) is 6.20. The molecule has 1 unspecified atom stereocenters. The second-order valence-electron chi connectivity index (χ2n) is 6.48. The second kappa shape index (κ2) is 6.05. The minimum absolute atomic E-state index is 0.617. The maximum absolute atomic E-state index is 3.66. The number of hydrogen-bond donors (Lipinski definition) is 1. The lowest BCUT2D eigenvalue weighted by molar-refractivity contribution is 0.236. The molecule has 3 heteroatoms. The highest BCUT2D eigenvalue weighted by atomic mass is 32.2. The van der Waals surface area contributed by atoms with E-state index in [0.29, 0.717) is 11.3 Å². The molecule has 0 spiro atoms. The monoisotopic (exact) mass is 302 g/mol. The molecule has 0 radical (unpaired) electrons. The summed E-state index contributed by atoms with van der Waals surface area (Å²) in [5.41, 5.74) is 4.40. The van der Waals surface area contributed by atoms with Crippen LogP contribution in [0, 0.1) is 0 Å². The zero-order valence-electron chi connectivity index (χ0n) is 13.6. The number of aromatic nitrogens is 1. The molecule has 0 aliphatic heterocycles. The highest BCUT2D eigenvalue weighted by Crippen LogP contribution is 2.38. The molecule has 1 N–H and O–H groups in total. The molecule has 3 rings (SSSR count). The quantitative estimate of drug-likeness (QED) is 0.821. The molecule has 1 heterocycles. The highest BCUT2D eigenvalue weighted by Gasteiger charge is 2.27. The fourth-order valence-corrected chi connectivity index (χ4v) is 4.45. The molecule has 0 fully saturated rings. The van der Waals surface area contributed by atoms with Crippen molar-refractivity contribution >= 4 is 22.7 Å². The Hall–Kier alpha value is -0.930. The molecule has 114 valence electrons. The Morgan fingerprint density at radius 3 is 2.86 bits per heavy atom. The van der Waals surface area contributed by atoms with E-state index in [9.17, 15) is 0 Å². The number of benzene rings is 1. The van der Waals surface area contributed by atoms with Crippen molar-refractivity contribution in [2.75, 3.05) is 13.6 Å². The Morgan fingerprint density at radius 2 is 2.14 bits per heavy atom. The smallest absolute Gasteiger partial charge is 0.0768 e. The van der Waals surface area contributed by atoms with E-state index in [0.717, 1.165) is 0 Å². The number of thioether (sulfide) groups is 1. The predicted octanol–water partition coefficient (Wildman–Crippen LogP) is 4.48. The summed E-state index contributed by atoms with van der Waals surface area (Å²) in [6.07, 6.45) is 3.60. The summed E-state index contributed by atoms with van der Waals surface area (Å²) < 4.78 is 0. The molecule has 0 bridgehead atoms. The third-order valence-electron chi connectivity index (χ3n) is 4.42. The Kier molecular flexibility index (Phi) is 4.32. The van der Waals surface area contributed by atoms with Gasteiger partial charge < -0.3 is 9.88 Å². The number of likely N-dealkylation sites (N-methyl/N-ethyl adjacent to an activating group) is 1. The fraction of sp³-hybridized carbons (Fsp3) is 0.556. The molecule has 1 aliphatic rings. The zero-order valence-corrected chi connectivity index (χ0v) is 14.4. The van der Waals surface area contributed by atoms with Gasteiger partial charge in [0.25, 0.3) is 0 Å². The molecule has 1 atom stereocenters. The molecule has 21 heavy (non-hydrogen) atoms. The summed E-state index contributed by atoms with van der Waals surface area (Å²) in [5.74, 6) is 0. The van der Waals surface area contributed by atoms with Crippen LogP contribution in [0.4, 0.5) is 0 Å². The molecular weight excluding hydrogens is 276 g/mol. The first-order chi connectivity index (χ1) is 10.1. The van der Waals surface area contributed by atoms with Gasteiger partial charge >= 0.3 is 0 Å². The van der Waals surface area contributed by atoms with Crippen LogP contribution < -0.4 is 0 Å². The van der Waals surface area contributed by atoms with Gasteiger partial charge in [-0.25, -0.2) is 0 Å². The average molecular weight is 302 g/mol. The van der Waals surface area contributed by atoms with E-state index in [2.05, 4.69) is 55.9 Å². The van der Waals surface area contributed by atoms with Crippen LogP contribution in [0.2, 0.25) is 0 Å². The van der Waals surface area contributed by atoms with Gasteiger partial charge in [0.2, 0.25) is 0 Å². The van der Waals surface area contributed by atoms with Gasteiger partial charge in [0.1, 0.15) is 0 Å². The van der Waals surface area contributed by atoms with Crippen molar-refractivity contribution in [2.24, 2.45) is 0 Å². The SMILES string of the molecule is CCCN(C)C1Cc2cccc3[nH]c(SC(C)C)c(c23)C1. The largest absolute Gasteiger partial charge is 0.349 e. The molecule has 0 saturated carbocycles. The zero-order chi connectivity index (χ0) is 15.0. The third-order valence-corrected chi connectivity index (χ3v) is 5.48. The van der Waals surface area contributed by atoms with E-state index in [1.54, 1.807) is 5.56 Å². The summed E-state index contributed by atoms with van der Waals surface area (Å²) in [5, 5.41) is 3.51. The van der Waals surface area contributed by atoms with Crippen molar-refractivity contribution in [1.29, 1.82) is 0 Å². The first kappa shape index (κ1) is 15.0. The number of hydrogen-bond acceptors (Lipinski definition) is 2. The number of aromatic amines is 1. The van der Waals surface area contributed by atoms with Gasteiger partial charge in [-0.05, 0) is 50.0 Å². The summed E-state index contributed by atoms with van der Waals surface area (Å²) in [6.45, 7) is 8.00. The van der Waals surface area contributed by atoms with Gasteiger partial charge in [-0.1, -0.05) is 32.9 Å². The topological polar surface area (TPSA) is 19.0 Å². The summed E-state index contributed by atoms with van der Waals surface area (Å²) >= 11 is 1.97.